The molecule has 0 aliphatic carbocycles. The van der Waals surface area contributed by atoms with Crippen molar-refractivity contribution in [3.63, 3.8) is 0 Å². The van der Waals surface area contributed by atoms with Crippen LogP contribution in [0.25, 0.3) is 0 Å². The maximum absolute atomic E-state index is 13.3. The predicted molar refractivity (Wildman–Crippen MR) is 133 cm³/mol. The number of ether oxygens (including phenoxy) is 2. The van der Waals surface area contributed by atoms with Gasteiger partial charge in [0, 0.05) is 11.0 Å². The molecule has 0 bridgehead atoms. The number of sulfonamides is 1. The molecule has 0 saturated heterocycles. The molecule has 1 heterocycles. The molecule has 3 aromatic rings. The van der Waals surface area contributed by atoms with Crippen molar-refractivity contribution in [2.24, 2.45) is 0 Å². The van der Waals surface area contributed by atoms with Gasteiger partial charge in [0.25, 0.3) is 15.9 Å². The Bertz CT molecular complexity index is 1320. The Morgan fingerprint density at radius 1 is 1.00 bits per heavy atom. The van der Waals surface area contributed by atoms with Crippen molar-refractivity contribution in [1.82, 2.24) is 4.31 Å². The fourth-order valence-corrected chi connectivity index (χ4v) is 6.36. The Kier molecular flexibility index (Phi) is 7.47. The van der Waals surface area contributed by atoms with Crippen LogP contribution in [-0.4, -0.2) is 37.1 Å². The normalized spacial score (nSPS) is 14.1. The summed E-state index contributed by atoms with van der Waals surface area (Å²) in [7, 11) is -4.06. The van der Waals surface area contributed by atoms with Gasteiger partial charge in [0.05, 0.1) is 11.4 Å². The van der Waals surface area contributed by atoms with Crippen LogP contribution in [-0.2, 0) is 26.2 Å². The van der Waals surface area contributed by atoms with Gasteiger partial charge in [-0.25, -0.2) is 17.5 Å². The second kappa shape index (κ2) is 10.5. The molecule has 0 atom stereocenters. The third kappa shape index (κ3) is 5.52. The molecule has 0 aromatic heterocycles. The first-order valence-electron chi connectivity index (χ1n) is 11.0. The third-order valence-corrected chi connectivity index (χ3v) is 8.34. The minimum absolute atomic E-state index is 0.0423. The first kappa shape index (κ1) is 24.8. The molecule has 1 aliphatic heterocycles. The van der Waals surface area contributed by atoms with Crippen LogP contribution in [0.15, 0.2) is 82.6 Å². The lowest BCUT2D eigenvalue weighted by molar-refractivity contribution is -0.147. The SMILES string of the molecule is CC(C)c1cc(OCC(=O)OCc2ccccc2)cc2c1C(=O)N(CSc1ccccc1)S2(=O)=O. The fourth-order valence-electron chi connectivity index (χ4n) is 3.63. The number of hydrogen-bond acceptors (Lipinski definition) is 7. The number of thioether (sulfide) groups is 1. The molecule has 182 valence electrons. The summed E-state index contributed by atoms with van der Waals surface area (Å²) in [5.74, 6) is -1.13. The lowest BCUT2D eigenvalue weighted by atomic mass is 9.96. The van der Waals surface area contributed by atoms with Gasteiger partial charge < -0.3 is 9.47 Å². The Morgan fingerprint density at radius 3 is 2.31 bits per heavy atom. The van der Waals surface area contributed by atoms with E-state index in [1.807, 2.05) is 74.5 Å². The van der Waals surface area contributed by atoms with E-state index in [2.05, 4.69) is 0 Å². The Morgan fingerprint density at radius 2 is 1.66 bits per heavy atom. The van der Waals surface area contributed by atoms with Gasteiger partial charge in [0.15, 0.2) is 6.61 Å². The second-order valence-electron chi connectivity index (χ2n) is 8.22. The highest BCUT2D eigenvalue weighted by atomic mass is 32.2. The van der Waals surface area contributed by atoms with E-state index in [0.717, 1.165) is 14.8 Å². The molecule has 0 fully saturated rings. The molecule has 9 heteroatoms. The first-order valence-corrected chi connectivity index (χ1v) is 13.4. The van der Waals surface area contributed by atoms with Crippen molar-refractivity contribution in [3.8, 4) is 5.75 Å². The van der Waals surface area contributed by atoms with Gasteiger partial charge in [-0.05, 0) is 35.2 Å². The number of amides is 1. The van der Waals surface area contributed by atoms with E-state index in [-0.39, 0.29) is 41.2 Å². The molecule has 0 spiro atoms. The lowest BCUT2D eigenvalue weighted by Gasteiger charge is -2.14. The zero-order chi connectivity index (χ0) is 25.0. The maximum atomic E-state index is 13.3. The van der Waals surface area contributed by atoms with Gasteiger partial charge in [-0.15, -0.1) is 11.8 Å². The number of hydrogen-bond donors (Lipinski definition) is 0. The summed E-state index contributed by atoms with van der Waals surface area (Å²) >= 11 is 1.26. The molecule has 0 N–H and O–H groups in total. The second-order valence-corrected chi connectivity index (χ2v) is 11.1. The molecule has 3 aromatic carbocycles. The summed E-state index contributed by atoms with van der Waals surface area (Å²) in [5, 5.41) is 0. The average molecular weight is 512 g/mol. The van der Waals surface area contributed by atoms with Crippen LogP contribution in [0.4, 0.5) is 0 Å². The van der Waals surface area contributed by atoms with Gasteiger partial charge in [0.2, 0.25) is 0 Å². The quantitative estimate of drug-likeness (QED) is 0.300. The highest BCUT2D eigenvalue weighted by molar-refractivity contribution is 8.00. The Labute approximate surface area is 209 Å². The van der Waals surface area contributed by atoms with Crippen LogP contribution in [0.5, 0.6) is 5.75 Å². The molecule has 0 unspecified atom stereocenters. The van der Waals surface area contributed by atoms with Crippen molar-refractivity contribution in [1.29, 1.82) is 0 Å². The zero-order valence-electron chi connectivity index (χ0n) is 19.3. The van der Waals surface area contributed by atoms with Gasteiger partial charge in [-0.3, -0.25) is 4.79 Å². The van der Waals surface area contributed by atoms with E-state index in [1.165, 1.54) is 17.8 Å². The smallest absolute Gasteiger partial charge is 0.344 e. The first-order chi connectivity index (χ1) is 16.8. The van der Waals surface area contributed by atoms with E-state index in [0.29, 0.717) is 5.56 Å². The summed E-state index contributed by atoms with van der Waals surface area (Å²) in [5.41, 5.74) is 1.56. The minimum atomic E-state index is -4.06. The number of benzene rings is 3. The summed E-state index contributed by atoms with van der Waals surface area (Å²) in [6.45, 7) is 3.47. The summed E-state index contributed by atoms with van der Waals surface area (Å²) < 4.78 is 38.3. The number of nitrogens with zero attached hydrogens (tertiary/aromatic N) is 1. The fraction of sp³-hybridized carbons (Fsp3) is 0.231. The van der Waals surface area contributed by atoms with E-state index in [9.17, 15) is 18.0 Å². The molecule has 7 nitrogen and oxygen atoms in total. The Hall–Kier alpha value is -3.30. The number of fused-ring (bicyclic) bond motifs is 1. The van der Waals surface area contributed by atoms with Crippen LogP contribution in [0.3, 0.4) is 0 Å². The third-order valence-electron chi connectivity index (χ3n) is 5.43. The van der Waals surface area contributed by atoms with Gasteiger partial charge in [0.1, 0.15) is 17.3 Å². The van der Waals surface area contributed by atoms with E-state index < -0.39 is 21.9 Å². The molecule has 1 aliphatic rings. The topological polar surface area (TPSA) is 90.0 Å². The zero-order valence-corrected chi connectivity index (χ0v) is 21.0. The van der Waals surface area contributed by atoms with Gasteiger partial charge >= 0.3 is 5.97 Å². The largest absolute Gasteiger partial charge is 0.482 e. The van der Waals surface area contributed by atoms with Crippen LogP contribution < -0.4 is 4.74 Å². The summed E-state index contributed by atoms with van der Waals surface area (Å²) in [4.78, 5) is 26.1. The molecule has 1 amide bonds. The van der Waals surface area contributed by atoms with Crippen molar-refractivity contribution < 1.29 is 27.5 Å². The number of rotatable bonds is 9. The van der Waals surface area contributed by atoms with Crippen molar-refractivity contribution >= 4 is 33.7 Å². The van der Waals surface area contributed by atoms with E-state index in [1.54, 1.807) is 6.07 Å². The van der Waals surface area contributed by atoms with Crippen LogP contribution in [0.2, 0.25) is 0 Å². The van der Waals surface area contributed by atoms with E-state index in [4.69, 9.17) is 9.47 Å². The number of carbonyl (C=O) groups is 2. The number of carbonyl (C=O) groups excluding carboxylic acids is 2. The molecular formula is C26H25NO6S2. The molecule has 4 rings (SSSR count). The maximum Gasteiger partial charge on any atom is 0.344 e. The predicted octanol–water partition coefficient (Wildman–Crippen LogP) is 4.83. The molecule has 0 radical (unpaired) electrons. The summed E-state index contributed by atoms with van der Waals surface area (Å²) in [6.07, 6.45) is 0. The average Bonchev–Trinajstić information content (AvgIpc) is 3.05. The van der Waals surface area contributed by atoms with Crippen LogP contribution in [0.1, 0.15) is 41.3 Å². The summed E-state index contributed by atoms with van der Waals surface area (Å²) in [6, 6.07) is 21.5. The highest BCUT2D eigenvalue weighted by Gasteiger charge is 2.43. The molecule has 35 heavy (non-hydrogen) atoms. The van der Waals surface area contributed by atoms with Crippen molar-refractivity contribution in [2.75, 3.05) is 12.5 Å². The van der Waals surface area contributed by atoms with Crippen LogP contribution >= 0.6 is 11.8 Å². The van der Waals surface area contributed by atoms with E-state index >= 15 is 0 Å². The Balaban J connectivity index is 1.51. The van der Waals surface area contributed by atoms with Crippen LogP contribution in [0, 0.1) is 0 Å². The van der Waals surface area contributed by atoms with Gasteiger partial charge in [-0.1, -0.05) is 62.4 Å². The highest BCUT2D eigenvalue weighted by Crippen LogP contribution is 2.39. The lowest BCUT2D eigenvalue weighted by Crippen LogP contribution is -2.29. The minimum Gasteiger partial charge on any atom is -0.482 e. The standard InChI is InChI=1S/C26H25NO6S2/c1-18(2)22-13-20(32-16-24(28)33-15-19-9-5-3-6-10-19)14-23-25(22)26(29)27(35(23,30)31)17-34-21-11-7-4-8-12-21/h3-14,18H,15-17H2,1-2H3. The molecular weight excluding hydrogens is 486 g/mol. The molecule has 0 saturated carbocycles. The van der Waals surface area contributed by atoms with Crippen molar-refractivity contribution in [2.45, 2.75) is 36.2 Å². The van der Waals surface area contributed by atoms with Gasteiger partial charge in [-0.2, -0.15) is 0 Å². The van der Waals surface area contributed by atoms with Crippen molar-refractivity contribution in [3.05, 3.63) is 89.5 Å². The monoisotopic (exact) mass is 511 g/mol. The number of esters is 1.